The normalized spacial score (nSPS) is 12.4. The van der Waals surface area contributed by atoms with Crippen molar-refractivity contribution >= 4 is 31.6 Å². The summed E-state index contributed by atoms with van der Waals surface area (Å²) in [6, 6.07) is 4.65. The maximum Gasteiger partial charge on any atom is 0.245 e. The van der Waals surface area contributed by atoms with Gasteiger partial charge in [0, 0.05) is 17.6 Å². The topological polar surface area (TPSA) is 63.4 Å². The van der Waals surface area contributed by atoms with Crippen molar-refractivity contribution in [3.8, 4) is 0 Å². The number of sulfonamides is 1. The fourth-order valence-electron chi connectivity index (χ4n) is 1.19. The predicted octanol–water partition coefficient (Wildman–Crippen LogP) is 2.06. The molecule has 1 rings (SSSR count). The first-order chi connectivity index (χ1) is 7.26. The van der Waals surface area contributed by atoms with E-state index in [1.54, 1.807) is 19.2 Å². The number of anilines is 1. The molecule has 0 unspecified atom stereocenters. The van der Waals surface area contributed by atoms with E-state index in [0.717, 1.165) is 4.47 Å². The summed E-state index contributed by atoms with van der Waals surface area (Å²) in [5.74, 6) is 0. The zero-order valence-corrected chi connectivity index (χ0v) is 11.8. The van der Waals surface area contributed by atoms with Crippen LogP contribution in [0.2, 0.25) is 0 Å². The van der Waals surface area contributed by atoms with Crippen LogP contribution in [0.4, 0.5) is 5.69 Å². The molecular weight excluding hydrogens is 292 g/mol. The molecule has 0 saturated heterocycles. The van der Waals surface area contributed by atoms with E-state index in [1.165, 1.54) is 10.4 Å². The first kappa shape index (κ1) is 13.5. The van der Waals surface area contributed by atoms with Crippen LogP contribution in [0.5, 0.6) is 0 Å². The molecule has 0 saturated carbocycles. The third-order valence-corrected chi connectivity index (χ3v) is 4.96. The van der Waals surface area contributed by atoms with Gasteiger partial charge in [-0.3, -0.25) is 0 Å². The molecule has 0 amide bonds. The molecule has 0 aliphatic rings. The molecule has 0 aliphatic heterocycles. The zero-order valence-electron chi connectivity index (χ0n) is 9.44. The van der Waals surface area contributed by atoms with Crippen LogP contribution in [0.3, 0.4) is 0 Å². The minimum atomic E-state index is -3.50. The van der Waals surface area contributed by atoms with E-state index in [4.69, 9.17) is 5.73 Å². The quantitative estimate of drug-likeness (QED) is 0.869. The van der Waals surface area contributed by atoms with Gasteiger partial charge in [-0.1, -0.05) is 15.9 Å². The smallest absolute Gasteiger partial charge is 0.245 e. The van der Waals surface area contributed by atoms with E-state index in [2.05, 4.69) is 15.9 Å². The highest BCUT2D eigenvalue weighted by Gasteiger charge is 2.25. The van der Waals surface area contributed by atoms with E-state index in [9.17, 15) is 8.42 Å². The Bertz CT molecular complexity index is 486. The SMILES string of the molecule is CC(C)N(C)S(=O)(=O)c1ccc(Br)cc1N. The van der Waals surface area contributed by atoms with Gasteiger partial charge in [-0.25, -0.2) is 8.42 Å². The fraction of sp³-hybridized carbons (Fsp3) is 0.400. The molecule has 0 aliphatic carbocycles. The zero-order chi connectivity index (χ0) is 12.5. The lowest BCUT2D eigenvalue weighted by atomic mass is 10.3. The van der Waals surface area contributed by atoms with Crippen molar-refractivity contribution < 1.29 is 8.42 Å². The average Bonchev–Trinajstić information content (AvgIpc) is 2.15. The van der Waals surface area contributed by atoms with Crippen LogP contribution in [0.25, 0.3) is 0 Å². The molecule has 0 aromatic heterocycles. The molecule has 0 fully saturated rings. The lowest BCUT2D eigenvalue weighted by Gasteiger charge is -2.21. The summed E-state index contributed by atoms with van der Waals surface area (Å²) in [7, 11) is -1.96. The Hall–Kier alpha value is -0.590. The van der Waals surface area contributed by atoms with Gasteiger partial charge in [-0.2, -0.15) is 4.31 Å². The number of rotatable bonds is 3. The molecule has 90 valence electrons. The number of hydrogen-bond acceptors (Lipinski definition) is 3. The third-order valence-electron chi connectivity index (χ3n) is 2.36. The molecule has 1 aromatic rings. The van der Waals surface area contributed by atoms with E-state index in [1.807, 2.05) is 13.8 Å². The number of nitrogen functional groups attached to an aromatic ring is 1. The Morgan fingerprint density at radius 2 is 1.94 bits per heavy atom. The van der Waals surface area contributed by atoms with Gasteiger partial charge in [0.05, 0.1) is 5.69 Å². The summed E-state index contributed by atoms with van der Waals surface area (Å²) in [6.45, 7) is 3.62. The second kappa shape index (κ2) is 4.73. The molecule has 4 nitrogen and oxygen atoms in total. The van der Waals surface area contributed by atoms with Crippen molar-refractivity contribution in [1.29, 1.82) is 0 Å². The number of benzene rings is 1. The maximum absolute atomic E-state index is 12.1. The van der Waals surface area contributed by atoms with E-state index >= 15 is 0 Å². The Balaban J connectivity index is 3.28. The Morgan fingerprint density at radius 3 is 2.38 bits per heavy atom. The van der Waals surface area contributed by atoms with Crippen LogP contribution >= 0.6 is 15.9 Å². The maximum atomic E-state index is 12.1. The first-order valence-corrected chi connectivity index (χ1v) is 7.03. The minimum Gasteiger partial charge on any atom is -0.398 e. The first-order valence-electron chi connectivity index (χ1n) is 4.80. The second-order valence-corrected chi connectivity index (χ2v) is 6.68. The van der Waals surface area contributed by atoms with Gasteiger partial charge in [0.25, 0.3) is 0 Å². The van der Waals surface area contributed by atoms with Crippen LogP contribution in [-0.2, 0) is 10.0 Å². The predicted molar refractivity (Wildman–Crippen MR) is 68.6 cm³/mol. The molecule has 0 heterocycles. The van der Waals surface area contributed by atoms with Crippen molar-refractivity contribution in [3.63, 3.8) is 0 Å². The van der Waals surface area contributed by atoms with Crippen molar-refractivity contribution in [3.05, 3.63) is 22.7 Å². The van der Waals surface area contributed by atoms with E-state index < -0.39 is 10.0 Å². The highest BCUT2D eigenvalue weighted by Crippen LogP contribution is 2.25. The molecule has 0 spiro atoms. The molecule has 0 atom stereocenters. The summed E-state index contributed by atoms with van der Waals surface area (Å²) in [5.41, 5.74) is 5.96. The van der Waals surface area contributed by atoms with Gasteiger partial charge in [0.15, 0.2) is 0 Å². The summed E-state index contributed by atoms with van der Waals surface area (Å²) < 4.78 is 26.3. The molecule has 6 heteroatoms. The molecule has 2 N–H and O–H groups in total. The van der Waals surface area contributed by atoms with Gasteiger partial charge in [0.1, 0.15) is 4.90 Å². The minimum absolute atomic E-state index is 0.104. The van der Waals surface area contributed by atoms with Gasteiger partial charge in [-0.15, -0.1) is 0 Å². The monoisotopic (exact) mass is 306 g/mol. The number of nitrogens with two attached hydrogens (primary N) is 1. The Labute approximate surface area is 105 Å². The van der Waals surface area contributed by atoms with Crippen LogP contribution in [0, 0.1) is 0 Å². The van der Waals surface area contributed by atoms with Crippen molar-refractivity contribution in [2.75, 3.05) is 12.8 Å². The summed E-state index contributed by atoms with van der Waals surface area (Å²) >= 11 is 3.24. The lowest BCUT2D eigenvalue weighted by Crippen LogP contribution is -2.33. The second-order valence-electron chi connectivity index (χ2n) is 3.80. The number of halogens is 1. The average molecular weight is 307 g/mol. The highest BCUT2D eigenvalue weighted by atomic mass is 79.9. The molecular formula is C10H15BrN2O2S. The van der Waals surface area contributed by atoms with E-state index in [0.29, 0.717) is 0 Å². The molecule has 0 bridgehead atoms. The largest absolute Gasteiger partial charge is 0.398 e. The van der Waals surface area contributed by atoms with Gasteiger partial charge in [0.2, 0.25) is 10.0 Å². The van der Waals surface area contributed by atoms with Crippen LogP contribution in [0.15, 0.2) is 27.6 Å². The Kier molecular flexibility index (Phi) is 3.98. The fourth-order valence-corrected chi connectivity index (χ4v) is 3.03. The van der Waals surface area contributed by atoms with E-state index in [-0.39, 0.29) is 16.6 Å². The standard InChI is InChI=1S/C10H15BrN2O2S/c1-7(2)13(3)16(14,15)10-5-4-8(11)6-9(10)12/h4-7H,12H2,1-3H3. The molecule has 0 radical (unpaired) electrons. The van der Waals surface area contributed by atoms with Crippen molar-refractivity contribution in [2.24, 2.45) is 0 Å². The lowest BCUT2D eigenvalue weighted by molar-refractivity contribution is 0.411. The number of hydrogen-bond donors (Lipinski definition) is 1. The van der Waals surface area contributed by atoms with Gasteiger partial charge < -0.3 is 5.73 Å². The van der Waals surface area contributed by atoms with Crippen LogP contribution in [0.1, 0.15) is 13.8 Å². The summed E-state index contributed by atoms with van der Waals surface area (Å²) in [6.07, 6.45) is 0. The number of nitrogens with zero attached hydrogens (tertiary/aromatic N) is 1. The molecule has 1 aromatic carbocycles. The Morgan fingerprint density at radius 1 is 1.38 bits per heavy atom. The van der Waals surface area contributed by atoms with Gasteiger partial charge >= 0.3 is 0 Å². The third kappa shape index (κ3) is 2.56. The summed E-state index contributed by atoms with van der Waals surface area (Å²) in [4.78, 5) is 0.145. The van der Waals surface area contributed by atoms with Gasteiger partial charge in [-0.05, 0) is 32.0 Å². The van der Waals surface area contributed by atoms with Crippen molar-refractivity contribution in [1.82, 2.24) is 4.31 Å². The van der Waals surface area contributed by atoms with Crippen LogP contribution < -0.4 is 5.73 Å². The van der Waals surface area contributed by atoms with Crippen LogP contribution in [-0.4, -0.2) is 25.8 Å². The van der Waals surface area contributed by atoms with Crippen molar-refractivity contribution in [2.45, 2.75) is 24.8 Å². The summed E-state index contributed by atoms with van der Waals surface area (Å²) in [5, 5.41) is 0. The highest BCUT2D eigenvalue weighted by molar-refractivity contribution is 9.10. The molecule has 16 heavy (non-hydrogen) atoms.